The highest BCUT2D eigenvalue weighted by Crippen LogP contribution is 2.32. The Hall–Kier alpha value is -0.970. The monoisotopic (exact) mass is 277 g/mol. The zero-order valence-corrected chi connectivity index (χ0v) is 10.8. The van der Waals surface area contributed by atoms with Crippen LogP contribution >= 0.6 is 23.2 Å². The Morgan fingerprint density at radius 1 is 1.41 bits per heavy atom. The molecule has 0 saturated carbocycles. The number of hydrogen-bond acceptors (Lipinski definition) is 4. The molecule has 0 spiro atoms. The summed E-state index contributed by atoms with van der Waals surface area (Å²) < 4.78 is 10.2. The van der Waals surface area contributed by atoms with Crippen molar-refractivity contribution in [3.05, 3.63) is 27.7 Å². The molecule has 0 atom stereocenters. The van der Waals surface area contributed by atoms with E-state index in [0.29, 0.717) is 11.6 Å². The molecule has 0 heterocycles. The van der Waals surface area contributed by atoms with Gasteiger partial charge in [0, 0.05) is 11.6 Å². The summed E-state index contributed by atoms with van der Waals surface area (Å²) in [5, 5.41) is 0.604. The van der Waals surface area contributed by atoms with Crippen molar-refractivity contribution in [3.8, 4) is 5.75 Å². The summed E-state index contributed by atoms with van der Waals surface area (Å²) in [5.74, 6) is -0.274. The molecule has 1 rings (SSSR count). The van der Waals surface area contributed by atoms with Gasteiger partial charge in [-0.05, 0) is 19.1 Å². The van der Waals surface area contributed by atoms with E-state index in [0.717, 1.165) is 0 Å². The molecule has 17 heavy (non-hydrogen) atoms. The zero-order valence-electron chi connectivity index (χ0n) is 9.33. The molecule has 1 aromatic rings. The minimum atomic E-state index is -0.524. The summed E-state index contributed by atoms with van der Waals surface area (Å²) in [5.41, 5.74) is 5.54. The van der Waals surface area contributed by atoms with Crippen molar-refractivity contribution >= 4 is 29.2 Å². The lowest BCUT2D eigenvalue weighted by atomic mass is 10.2. The van der Waals surface area contributed by atoms with E-state index in [9.17, 15) is 4.79 Å². The van der Waals surface area contributed by atoms with Crippen LogP contribution in [0.3, 0.4) is 0 Å². The quantitative estimate of drug-likeness (QED) is 0.841. The summed E-state index contributed by atoms with van der Waals surface area (Å²) in [6, 6.07) is 2.95. The lowest BCUT2D eigenvalue weighted by Crippen LogP contribution is -2.14. The van der Waals surface area contributed by atoms with E-state index in [1.807, 2.05) is 0 Å². The molecule has 1 aromatic carbocycles. The fourth-order valence-corrected chi connectivity index (χ4v) is 1.78. The van der Waals surface area contributed by atoms with Gasteiger partial charge in [0.15, 0.2) is 5.75 Å². The molecule has 0 unspecified atom stereocenters. The van der Waals surface area contributed by atoms with E-state index in [4.69, 9.17) is 38.4 Å². The van der Waals surface area contributed by atoms with Crippen LogP contribution in [0.2, 0.25) is 10.0 Å². The van der Waals surface area contributed by atoms with E-state index >= 15 is 0 Å². The third-order valence-corrected chi connectivity index (χ3v) is 2.37. The second kappa shape index (κ2) is 6.69. The first-order chi connectivity index (χ1) is 8.10. The predicted molar refractivity (Wildman–Crippen MR) is 67.0 cm³/mol. The SMILES string of the molecule is CCOC(=O)c1cc(Cl)cc(Cl)c1OCCN. The zero-order chi connectivity index (χ0) is 12.8. The third kappa shape index (κ3) is 3.77. The molecule has 0 saturated heterocycles. The topological polar surface area (TPSA) is 61.5 Å². The van der Waals surface area contributed by atoms with E-state index in [1.54, 1.807) is 6.92 Å². The van der Waals surface area contributed by atoms with Crippen molar-refractivity contribution in [2.24, 2.45) is 5.73 Å². The van der Waals surface area contributed by atoms with Crippen molar-refractivity contribution in [3.63, 3.8) is 0 Å². The van der Waals surface area contributed by atoms with E-state index in [2.05, 4.69) is 0 Å². The lowest BCUT2D eigenvalue weighted by molar-refractivity contribution is 0.0522. The summed E-state index contributed by atoms with van der Waals surface area (Å²) in [4.78, 5) is 11.7. The first kappa shape index (κ1) is 14.1. The van der Waals surface area contributed by atoms with Gasteiger partial charge < -0.3 is 15.2 Å². The summed E-state index contributed by atoms with van der Waals surface area (Å²) in [6.07, 6.45) is 0. The number of hydrogen-bond donors (Lipinski definition) is 1. The van der Waals surface area contributed by atoms with Crippen LogP contribution in [0.1, 0.15) is 17.3 Å². The van der Waals surface area contributed by atoms with Crippen molar-refractivity contribution in [2.75, 3.05) is 19.8 Å². The van der Waals surface area contributed by atoms with E-state index in [1.165, 1.54) is 12.1 Å². The molecule has 0 aliphatic rings. The molecule has 0 amide bonds. The Kier molecular flexibility index (Phi) is 5.55. The second-order valence-electron chi connectivity index (χ2n) is 3.12. The predicted octanol–water partition coefficient (Wildman–Crippen LogP) is 2.51. The van der Waals surface area contributed by atoms with Gasteiger partial charge in [-0.2, -0.15) is 0 Å². The maximum atomic E-state index is 11.7. The molecule has 0 aromatic heterocycles. The van der Waals surface area contributed by atoms with Gasteiger partial charge in [-0.25, -0.2) is 4.79 Å². The Balaban J connectivity index is 3.10. The first-order valence-electron chi connectivity index (χ1n) is 5.09. The van der Waals surface area contributed by atoms with Gasteiger partial charge in [0.2, 0.25) is 0 Å². The molecule has 0 aliphatic heterocycles. The summed E-state index contributed by atoms with van der Waals surface area (Å²) in [6.45, 7) is 2.55. The minimum Gasteiger partial charge on any atom is -0.490 e. The smallest absolute Gasteiger partial charge is 0.342 e. The van der Waals surface area contributed by atoms with Crippen LogP contribution in [-0.2, 0) is 4.74 Å². The number of halogens is 2. The average molecular weight is 278 g/mol. The Morgan fingerprint density at radius 2 is 2.12 bits per heavy atom. The van der Waals surface area contributed by atoms with Gasteiger partial charge in [0.25, 0.3) is 0 Å². The number of carbonyl (C=O) groups is 1. The third-order valence-electron chi connectivity index (χ3n) is 1.87. The van der Waals surface area contributed by atoms with E-state index < -0.39 is 5.97 Å². The van der Waals surface area contributed by atoms with Gasteiger partial charge in [-0.1, -0.05) is 23.2 Å². The van der Waals surface area contributed by atoms with Crippen molar-refractivity contribution in [2.45, 2.75) is 6.92 Å². The van der Waals surface area contributed by atoms with E-state index in [-0.39, 0.29) is 29.5 Å². The number of benzene rings is 1. The number of nitrogens with two attached hydrogens (primary N) is 1. The van der Waals surface area contributed by atoms with Crippen LogP contribution in [0.5, 0.6) is 5.75 Å². The van der Waals surface area contributed by atoms with Gasteiger partial charge in [-0.15, -0.1) is 0 Å². The standard InChI is InChI=1S/C11H13Cl2NO3/c1-2-16-11(15)8-5-7(12)6-9(13)10(8)17-4-3-14/h5-6H,2-4,14H2,1H3. The summed E-state index contributed by atoms with van der Waals surface area (Å²) >= 11 is 11.8. The Morgan fingerprint density at radius 3 is 2.71 bits per heavy atom. The molecule has 0 fully saturated rings. The maximum Gasteiger partial charge on any atom is 0.342 e. The highest BCUT2D eigenvalue weighted by molar-refractivity contribution is 6.36. The number of carbonyl (C=O) groups excluding carboxylic acids is 1. The van der Waals surface area contributed by atoms with Crippen molar-refractivity contribution in [1.29, 1.82) is 0 Å². The summed E-state index contributed by atoms with van der Waals surface area (Å²) in [7, 11) is 0. The fourth-order valence-electron chi connectivity index (χ4n) is 1.23. The second-order valence-corrected chi connectivity index (χ2v) is 3.97. The van der Waals surface area contributed by atoms with Crippen LogP contribution in [-0.4, -0.2) is 25.7 Å². The largest absolute Gasteiger partial charge is 0.490 e. The highest BCUT2D eigenvalue weighted by atomic mass is 35.5. The van der Waals surface area contributed by atoms with Crippen LogP contribution in [0.4, 0.5) is 0 Å². The van der Waals surface area contributed by atoms with Crippen LogP contribution in [0, 0.1) is 0 Å². The molecule has 2 N–H and O–H groups in total. The maximum absolute atomic E-state index is 11.7. The molecule has 6 heteroatoms. The Bertz CT molecular complexity index is 410. The first-order valence-corrected chi connectivity index (χ1v) is 5.84. The molecule has 0 bridgehead atoms. The van der Waals surface area contributed by atoms with Gasteiger partial charge in [0.05, 0.1) is 11.6 Å². The van der Waals surface area contributed by atoms with Crippen LogP contribution in [0.25, 0.3) is 0 Å². The number of rotatable bonds is 5. The van der Waals surface area contributed by atoms with Gasteiger partial charge in [0.1, 0.15) is 12.2 Å². The van der Waals surface area contributed by atoms with Crippen molar-refractivity contribution < 1.29 is 14.3 Å². The Labute approximate surface area is 110 Å². The molecule has 0 aliphatic carbocycles. The van der Waals surface area contributed by atoms with Gasteiger partial charge in [-0.3, -0.25) is 0 Å². The van der Waals surface area contributed by atoms with Crippen molar-refractivity contribution in [1.82, 2.24) is 0 Å². The normalized spacial score (nSPS) is 10.1. The van der Waals surface area contributed by atoms with Crippen LogP contribution < -0.4 is 10.5 Å². The molecule has 94 valence electrons. The van der Waals surface area contributed by atoms with Gasteiger partial charge >= 0.3 is 5.97 Å². The molecular weight excluding hydrogens is 265 g/mol. The lowest BCUT2D eigenvalue weighted by Gasteiger charge is -2.12. The molecule has 0 radical (unpaired) electrons. The molecular formula is C11H13Cl2NO3. The average Bonchev–Trinajstić information content (AvgIpc) is 2.27. The fraction of sp³-hybridized carbons (Fsp3) is 0.364. The minimum absolute atomic E-state index is 0.206. The van der Waals surface area contributed by atoms with Crippen LogP contribution in [0.15, 0.2) is 12.1 Å². The number of esters is 1. The number of ether oxygens (including phenoxy) is 2. The highest BCUT2D eigenvalue weighted by Gasteiger charge is 2.18. The molecule has 4 nitrogen and oxygen atoms in total.